The Morgan fingerprint density at radius 2 is 0.890 bits per heavy atom. The van der Waals surface area contributed by atoms with Crippen molar-refractivity contribution in [2.45, 2.75) is 31.6 Å². The van der Waals surface area contributed by atoms with E-state index in [9.17, 15) is 14.4 Å². The van der Waals surface area contributed by atoms with E-state index in [0.29, 0.717) is 18.9 Å². The maximum absolute atomic E-state index is 11.9. The predicted octanol–water partition coefficient (Wildman–Crippen LogP) is 13.3. The van der Waals surface area contributed by atoms with Gasteiger partial charge in [-0.1, -0.05) is 146 Å². The summed E-state index contributed by atoms with van der Waals surface area (Å²) >= 11 is 7.99. The van der Waals surface area contributed by atoms with Crippen LogP contribution in [0.15, 0.2) is 231 Å². The van der Waals surface area contributed by atoms with Gasteiger partial charge in [-0.05, 0) is 176 Å². The minimum Gasteiger partial charge on any atom is -0.697 e. The van der Waals surface area contributed by atoms with Crippen LogP contribution in [0.3, 0.4) is 0 Å². The first-order chi connectivity index (χ1) is 47.4. The molecule has 12 aromatic rings. The fourth-order valence-corrected chi connectivity index (χ4v) is 14.0. The van der Waals surface area contributed by atoms with Gasteiger partial charge in [-0.3, -0.25) is 37.8 Å². The van der Waals surface area contributed by atoms with Crippen molar-refractivity contribution in [3.63, 3.8) is 0 Å². The number of aromatic nitrogens is 8. The van der Waals surface area contributed by atoms with Gasteiger partial charge in [0.25, 0.3) is 0 Å². The van der Waals surface area contributed by atoms with Gasteiger partial charge in [-0.25, -0.2) is 4.79 Å². The van der Waals surface area contributed by atoms with Crippen molar-refractivity contribution in [1.82, 2.24) is 56.7 Å². The fraction of sp³-hybridized carbons (Fsp3) is 0.130. The second-order valence-corrected chi connectivity index (χ2v) is 25.4. The van der Waals surface area contributed by atoms with Crippen molar-refractivity contribution in [2.75, 3.05) is 34.3 Å². The predicted molar refractivity (Wildman–Crippen MR) is 422 cm³/mol. The number of H-pyrrole nitrogens is 4. The molecule has 0 aliphatic rings. The van der Waals surface area contributed by atoms with E-state index in [-0.39, 0.29) is 96.6 Å². The van der Waals surface area contributed by atoms with Crippen LogP contribution in [0.1, 0.15) is 76.1 Å². The Kier molecular flexibility index (Phi) is 46.5. The normalized spacial score (nSPS) is 10.6. The molecule has 100 heavy (non-hydrogen) atoms. The molecule has 15 nitrogen and oxygen atoms in total. The van der Waals surface area contributed by atoms with Crippen LogP contribution < -0.4 is 33.2 Å². The molecule has 4 aromatic heterocycles. The minimum atomic E-state index is -0.339. The number of benzene rings is 8. The van der Waals surface area contributed by atoms with E-state index in [1.165, 1.54) is 16.5 Å². The maximum atomic E-state index is 11.9. The molecule has 4 heterocycles. The number of halogens is 5. The van der Waals surface area contributed by atoms with Crippen LogP contribution in [0.5, 0.6) is 0 Å². The minimum absolute atomic E-state index is 0. The number of rotatable bonds is 16. The van der Waals surface area contributed by atoms with E-state index in [1.54, 1.807) is 96.9 Å². The molecule has 3 radical (unpaired) electrons. The molecule has 0 saturated heterocycles. The average molecular weight is 2000 g/mol. The first-order valence-electron chi connectivity index (χ1n) is 29.8. The van der Waals surface area contributed by atoms with Gasteiger partial charge in [-0.15, -0.1) is 0 Å². The molecule has 0 spiro atoms. The van der Waals surface area contributed by atoms with Gasteiger partial charge < -0.3 is 46.4 Å². The summed E-state index contributed by atoms with van der Waals surface area (Å²) in [4.78, 5) is 35.5. The van der Waals surface area contributed by atoms with Crippen LogP contribution in [0.2, 0.25) is 0 Å². The Balaban J connectivity index is 0.000000424. The van der Waals surface area contributed by atoms with E-state index < -0.39 is 0 Å². The number of terminal acetylenes is 1. The van der Waals surface area contributed by atoms with Crippen LogP contribution in [-0.4, -0.2) is 92.9 Å². The van der Waals surface area contributed by atoms with Gasteiger partial charge in [-0.2, -0.15) is 20.4 Å². The molecule has 12 rings (SSSR count). The largest absolute Gasteiger partial charge is 0.697 e. The number of nitrogens with zero attached hydrogens (tertiary/aromatic N) is 4. The first kappa shape index (κ1) is 89.2. The van der Waals surface area contributed by atoms with Gasteiger partial charge in [0, 0.05) is 122 Å². The number of hydrogen-bond donors (Lipinski definition) is 7. The third-order valence-electron chi connectivity index (χ3n) is 14.3. The van der Waals surface area contributed by atoms with Crippen LogP contribution in [-0.2, 0) is 74.8 Å². The van der Waals surface area contributed by atoms with Crippen molar-refractivity contribution in [1.29, 1.82) is 0 Å². The van der Waals surface area contributed by atoms with Crippen molar-refractivity contribution in [2.24, 2.45) is 0 Å². The molecule has 0 bridgehead atoms. The Hall–Kier alpha value is -6.87. The van der Waals surface area contributed by atoms with Crippen molar-refractivity contribution in [3.05, 3.63) is 295 Å². The van der Waals surface area contributed by atoms with E-state index >= 15 is 0 Å². The summed E-state index contributed by atoms with van der Waals surface area (Å²) in [6.45, 7) is 3.16. The van der Waals surface area contributed by atoms with Gasteiger partial charge in [0.1, 0.15) is 0 Å². The second-order valence-electron chi connectivity index (χ2n) is 20.1. The molecule has 23 heteroatoms. The molecular formula is C77H68I5N11O4V3-4. The zero-order valence-electron chi connectivity index (χ0n) is 54.7. The molecule has 0 saturated carbocycles. The molecule has 0 aliphatic heterocycles. The SMILES string of the molecule is CCOC(=O)/C=C(/c1ccccc1)c1ccc2[nH]ncc2c1.CNC(=O)/C=C(/c1ccccc1)c1ccc2[nH]ncc2c1.CNC(=O)CC(c1ccccc1)c1ccc2[nH]ncc2c1.CNCCC(c1ccccc1)c1ccc2[nH]ncc2c1.IC#C[I-]I.[C-]#C.[C-]#CI.[C-]#CI.[V].[V].[V]. The summed E-state index contributed by atoms with van der Waals surface area (Å²) in [5.74, 6) is 0.0410. The monoisotopic (exact) mass is 2000 g/mol. The quantitative estimate of drug-likeness (QED) is 0.0161. The number of likely N-dealkylation sites (N-methyl/N-ethyl adjacent to an activating group) is 1. The van der Waals surface area contributed by atoms with Crippen molar-refractivity contribution < 1.29 is 92.0 Å². The van der Waals surface area contributed by atoms with Gasteiger partial charge in [0.05, 0.1) is 53.5 Å². The van der Waals surface area contributed by atoms with Crippen LogP contribution in [0.4, 0.5) is 0 Å². The molecular weight excluding hydrogens is 1930 g/mol. The number of carbonyl (C=O) groups is 3. The molecule has 2 amide bonds. The molecule has 2 atom stereocenters. The Labute approximate surface area is 682 Å². The average Bonchev–Trinajstić information content (AvgIpc) is 1.41. The van der Waals surface area contributed by atoms with E-state index in [0.717, 1.165) is 95.7 Å². The molecule has 8 aromatic carbocycles. The van der Waals surface area contributed by atoms with E-state index in [1.807, 2.05) is 165 Å². The first-order valence-corrected chi connectivity index (χ1v) is 40.4. The maximum Gasteiger partial charge on any atom is 0 e. The molecule has 2 unspecified atom stereocenters. The van der Waals surface area contributed by atoms with Crippen LogP contribution in [0, 0.1) is 41.4 Å². The number of nitrogens with one attached hydrogen (secondary N) is 7. The summed E-state index contributed by atoms with van der Waals surface area (Å²) in [6.07, 6.45) is 32.8. The van der Waals surface area contributed by atoms with Crippen molar-refractivity contribution >= 4 is 159 Å². The summed E-state index contributed by atoms with van der Waals surface area (Å²) in [5, 5.41) is 40.9. The summed E-state index contributed by atoms with van der Waals surface area (Å²) < 4.78 is 14.7. The van der Waals surface area contributed by atoms with Crippen LogP contribution in [0.25, 0.3) is 54.8 Å². The number of amides is 2. The molecule has 509 valence electrons. The molecule has 0 aliphatic carbocycles. The third-order valence-corrected chi connectivity index (χ3v) is 17.4. The number of esters is 1. The molecule has 7 N–H and O–H groups in total. The fourth-order valence-electron chi connectivity index (χ4n) is 9.90. The smallest absolute Gasteiger partial charge is 0 e. The molecule has 0 fully saturated rings. The standard InChI is InChI=1S/C18H16N2O2.C17H17N3O.C17H15N3O.C17H19N3.C2I3.2C2I.C2H.3V/c1-2-22-18(21)11-16(13-6-4-3-5-7-13)14-8-9-17-15(10-14)12-19-20-17;2*1-18-17(21)10-15(12-5-3-2-4-6-12)13-7-8-16-14(9-13)11-19-20-16;1-18-10-9-16(13-5-3-2-4-6-13)14-7-8-17-15(11-14)12-19-20-17;3-1-2-5-4;2*1-2-3;1-2;;;/h3-12H,2H2,1H3,(H,19,20);2-9,11,15H,10H2,1H3,(H,18,21)(H,19,20);2-11H,1H3,(H,18,21)(H,19,20);2-8,11-12,16,18H,9-10H2,1H3,(H,19,20);;;;1H;;;/q;;;;4*-1;;;/b16-11-;;15-10-;;;;;;;;. The number of aromatic amines is 4. The summed E-state index contributed by atoms with van der Waals surface area (Å²) in [5.41, 5.74) is 14.7. The van der Waals surface area contributed by atoms with Gasteiger partial charge >= 0.3 is 72.3 Å². The Morgan fingerprint density at radius 1 is 0.520 bits per heavy atom. The third kappa shape index (κ3) is 29.6. The topological polar surface area (TPSA) is 211 Å². The summed E-state index contributed by atoms with van der Waals surface area (Å²) in [7, 11) is 5.30. The zero-order chi connectivity index (χ0) is 70.0. The zero-order valence-corrected chi connectivity index (χ0v) is 69.6. The van der Waals surface area contributed by atoms with Crippen LogP contribution >= 0.6 is 86.4 Å². The number of fused-ring (bicyclic) bond motifs is 4. The number of ether oxygens (including phenoxy) is 1. The number of carbonyl (C=O) groups excluding carboxylic acids is 3. The van der Waals surface area contributed by atoms with E-state index in [2.05, 4.69) is 162 Å². The Bertz CT molecular complexity index is 4590. The Morgan fingerprint density at radius 3 is 1.25 bits per heavy atom. The van der Waals surface area contributed by atoms with Gasteiger partial charge in [0.2, 0.25) is 11.8 Å². The summed E-state index contributed by atoms with van der Waals surface area (Å²) in [6, 6.07) is 65.1. The second kappa shape index (κ2) is 52.1. The van der Waals surface area contributed by atoms with Gasteiger partial charge in [0.15, 0.2) is 0 Å². The van der Waals surface area contributed by atoms with Crippen molar-refractivity contribution in [3.8, 4) is 22.1 Å². The van der Waals surface area contributed by atoms with E-state index in [4.69, 9.17) is 24.0 Å². The number of hydrogen-bond acceptors (Lipinski definition) is 9.